The highest BCUT2D eigenvalue weighted by molar-refractivity contribution is 5.19. The zero-order valence-corrected chi connectivity index (χ0v) is 21.3. The molecular weight excluding hydrogens is 390 g/mol. The molecule has 1 aromatic heterocycles. The van der Waals surface area contributed by atoms with Crippen LogP contribution in [-0.2, 0) is 6.42 Å². The van der Waals surface area contributed by atoms with Gasteiger partial charge in [0.05, 0.1) is 12.8 Å². The van der Waals surface area contributed by atoms with Crippen LogP contribution in [0.1, 0.15) is 129 Å². The zero-order chi connectivity index (χ0) is 22.4. The van der Waals surface area contributed by atoms with Gasteiger partial charge < -0.3 is 4.74 Å². The number of hydrogen-bond donors (Lipinski definition) is 0. The molecule has 0 unspecified atom stereocenters. The molecule has 2 aliphatic rings. The van der Waals surface area contributed by atoms with E-state index in [0.717, 1.165) is 48.9 Å². The van der Waals surface area contributed by atoms with Crippen LogP contribution in [0.25, 0.3) is 0 Å². The lowest BCUT2D eigenvalue weighted by Gasteiger charge is -2.31. The van der Waals surface area contributed by atoms with Crippen molar-refractivity contribution >= 4 is 0 Å². The lowest BCUT2D eigenvalue weighted by atomic mass is 9.74. The average Bonchev–Trinajstić information content (AvgIpc) is 2.85. The monoisotopic (exact) mass is 441 g/mol. The van der Waals surface area contributed by atoms with Gasteiger partial charge in [0.25, 0.3) is 0 Å². The van der Waals surface area contributed by atoms with E-state index in [-0.39, 0.29) is 0 Å². The van der Waals surface area contributed by atoms with Crippen molar-refractivity contribution in [3.05, 3.63) is 24.0 Å². The third-order valence-corrected chi connectivity index (χ3v) is 8.62. The fourth-order valence-electron chi connectivity index (χ4n) is 6.10. The van der Waals surface area contributed by atoms with Crippen molar-refractivity contribution in [3.8, 4) is 5.75 Å². The number of ether oxygens (including phenoxy) is 1. The van der Waals surface area contributed by atoms with Crippen molar-refractivity contribution in [2.75, 3.05) is 6.61 Å². The van der Waals surface area contributed by atoms with E-state index >= 15 is 0 Å². The van der Waals surface area contributed by atoms with Crippen LogP contribution in [0.2, 0.25) is 0 Å². The number of pyridine rings is 1. The van der Waals surface area contributed by atoms with Gasteiger partial charge in [-0.25, -0.2) is 0 Å². The van der Waals surface area contributed by atoms with Gasteiger partial charge in [-0.05, 0) is 55.1 Å². The van der Waals surface area contributed by atoms with Gasteiger partial charge >= 0.3 is 0 Å². The highest BCUT2D eigenvalue weighted by Gasteiger charge is 2.24. The van der Waals surface area contributed by atoms with Crippen LogP contribution >= 0.6 is 0 Å². The molecule has 2 aliphatic carbocycles. The highest BCUT2D eigenvalue weighted by Crippen LogP contribution is 2.38. The Balaban J connectivity index is 1.23. The molecule has 2 nitrogen and oxygen atoms in total. The van der Waals surface area contributed by atoms with Crippen LogP contribution in [0.4, 0.5) is 0 Å². The Morgan fingerprint density at radius 3 is 1.88 bits per heavy atom. The molecule has 1 aromatic rings. The number of aryl methyl sites for hydroxylation is 1. The third-order valence-electron chi connectivity index (χ3n) is 8.62. The van der Waals surface area contributed by atoms with Gasteiger partial charge in [0.15, 0.2) is 0 Å². The predicted octanol–water partition coefficient (Wildman–Crippen LogP) is 9.17. The van der Waals surface area contributed by atoms with Crippen molar-refractivity contribution in [1.82, 2.24) is 4.98 Å². The molecule has 0 radical (unpaired) electrons. The van der Waals surface area contributed by atoms with E-state index < -0.39 is 0 Å². The molecule has 0 spiro atoms. The first-order valence-electron chi connectivity index (χ1n) is 14.3. The summed E-state index contributed by atoms with van der Waals surface area (Å²) in [6.45, 7) is 5.46. The molecule has 2 fully saturated rings. The maximum absolute atomic E-state index is 5.86. The van der Waals surface area contributed by atoms with Gasteiger partial charge in [-0.3, -0.25) is 4.98 Å². The van der Waals surface area contributed by atoms with Crippen LogP contribution in [0.5, 0.6) is 5.75 Å². The minimum absolute atomic E-state index is 0.827. The fourth-order valence-corrected chi connectivity index (χ4v) is 6.10. The largest absolute Gasteiger partial charge is 0.492 e. The molecule has 3 rings (SSSR count). The number of unbranched alkanes of at least 4 members (excludes halogenated alkanes) is 4. The molecule has 0 N–H and O–H groups in total. The van der Waals surface area contributed by atoms with Gasteiger partial charge in [-0.15, -0.1) is 0 Å². The molecule has 2 saturated carbocycles. The Labute approximate surface area is 199 Å². The standard InChI is InChI=1S/C30H51NO/c1-3-5-6-7-8-23-32-30-22-21-29(31-24-30)20-19-28-17-15-27(16-18-28)14-13-26-11-9-25(4-2)10-12-26/h21-22,24-28H,3-20,23H2,1-2H3/t25-,26-,27-,28-. The van der Waals surface area contributed by atoms with Gasteiger partial charge in [-0.1, -0.05) is 110 Å². The molecule has 2 heteroatoms. The Hall–Kier alpha value is -1.05. The average molecular weight is 442 g/mol. The Bertz CT molecular complexity index is 581. The molecule has 32 heavy (non-hydrogen) atoms. The first-order chi connectivity index (χ1) is 15.8. The SMILES string of the molecule is CCCCCCCOc1ccc(CC[C@H]2CC[C@H](CC[C@H]3CC[C@H](CC)CC3)CC2)nc1. The van der Waals surface area contributed by atoms with E-state index in [4.69, 9.17) is 4.74 Å². The lowest BCUT2D eigenvalue weighted by molar-refractivity contribution is 0.211. The second-order valence-electron chi connectivity index (χ2n) is 11.0. The smallest absolute Gasteiger partial charge is 0.137 e. The molecule has 0 atom stereocenters. The summed E-state index contributed by atoms with van der Waals surface area (Å²) >= 11 is 0. The summed E-state index contributed by atoms with van der Waals surface area (Å²) in [4.78, 5) is 4.67. The topological polar surface area (TPSA) is 22.1 Å². The second kappa shape index (κ2) is 15.0. The number of hydrogen-bond acceptors (Lipinski definition) is 2. The summed E-state index contributed by atoms with van der Waals surface area (Å²) in [6.07, 6.45) is 27.1. The van der Waals surface area contributed by atoms with Gasteiger partial charge in [0.2, 0.25) is 0 Å². The van der Waals surface area contributed by atoms with Gasteiger partial charge in [-0.2, -0.15) is 0 Å². The minimum atomic E-state index is 0.827. The molecule has 0 amide bonds. The van der Waals surface area contributed by atoms with Crippen molar-refractivity contribution < 1.29 is 4.74 Å². The summed E-state index contributed by atoms with van der Waals surface area (Å²) < 4.78 is 5.86. The first kappa shape index (κ1) is 25.6. The van der Waals surface area contributed by atoms with Gasteiger partial charge in [0, 0.05) is 5.69 Å². The Morgan fingerprint density at radius 2 is 1.31 bits per heavy atom. The predicted molar refractivity (Wildman–Crippen MR) is 137 cm³/mol. The molecule has 182 valence electrons. The van der Waals surface area contributed by atoms with Crippen LogP contribution in [-0.4, -0.2) is 11.6 Å². The van der Waals surface area contributed by atoms with Crippen molar-refractivity contribution in [3.63, 3.8) is 0 Å². The van der Waals surface area contributed by atoms with Crippen molar-refractivity contribution in [2.45, 2.75) is 129 Å². The van der Waals surface area contributed by atoms with Crippen LogP contribution in [0.15, 0.2) is 18.3 Å². The summed E-state index contributed by atoms with van der Waals surface area (Å²) in [5.74, 6) is 4.97. The van der Waals surface area contributed by atoms with E-state index in [9.17, 15) is 0 Å². The van der Waals surface area contributed by atoms with Gasteiger partial charge in [0.1, 0.15) is 5.75 Å². The lowest BCUT2D eigenvalue weighted by Crippen LogP contribution is -2.18. The quantitative estimate of drug-likeness (QED) is 0.268. The molecule has 1 heterocycles. The van der Waals surface area contributed by atoms with E-state index in [2.05, 4.69) is 31.0 Å². The van der Waals surface area contributed by atoms with E-state index in [1.807, 2.05) is 6.20 Å². The normalized spacial score (nSPS) is 26.2. The third kappa shape index (κ3) is 9.44. The van der Waals surface area contributed by atoms with Crippen LogP contribution in [0.3, 0.4) is 0 Å². The summed E-state index contributed by atoms with van der Waals surface area (Å²) in [7, 11) is 0. The molecule has 0 bridgehead atoms. The number of rotatable bonds is 14. The van der Waals surface area contributed by atoms with E-state index in [1.54, 1.807) is 0 Å². The van der Waals surface area contributed by atoms with Crippen LogP contribution < -0.4 is 4.74 Å². The minimum Gasteiger partial charge on any atom is -0.492 e. The summed E-state index contributed by atoms with van der Waals surface area (Å²) in [5, 5.41) is 0. The Morgan fingerprint density at radius 1 is 0.719 bits per heavy atom. The molecule has 0 aliphatic heterocycles. The fraction of sp³-hybridized carbons (Fsp3) is 0.833. The Kier molecular flexibility index (Phi) is 12.0. The van der Waals surface area contributed by atoms with E-state index in [0.29, 0.717) is 0 Å². The summed E-state index contributed by atoms with van der Waals surface area (Å²) in [5.41, 5.74) is 1.24. The summed E-state index contributed by atoms with van der Waals surface area (Å²) in [6, 6.07) is 4.31. The maximum Gasteiger partial charge on any atom is 0.137 e. The second-order valence-corrected chi connectivity index (χ2v) is 11.0. The number of aromatic nitrogens is 1. The van der Waals surface area contributed by atoms with Crippen LogP contribution in [0, 0.1) is 23.7 Å². The zero-order valence-electron chi connectivity index (χ0n) is 21.3. The number of nitrogens with zero attached hydrogens (tertiary/aromatic N) is 1. The molecule has 0 aromatic carbocycles. The molecular formula is C30H51NO. The van der Waals surface area contributed by atoms with E-state index in [1.165, 1.54) is 108 Å². The highest BCUT2D eigenvalue weighted by atomic mass is 16.5. The first-order valence-corrected chi connectivity index (χ1v) is 14.3. The molecule has 0 saturated heterocycles. The maximum atomic E-state index is 5.86. The van der Waals surface area contributed by atoms with Crippen molar-refractivity contribution in [1.29, 1.82) is 0 Å². The van der Waals surface area contributed by atoms with Crippen molar-refractivity contribution in [2.24, 2.45) is 23.7 Å².